The van der Waals surface area contributed by atoms with Gasteiger partial charge in [0.05, 0.1) is 40.3 Å². The van der Waals surface area contributed by atoms with Gasteiger partial charge >= 0.3 is 11.9 Å². The Balaban J connectivity index is 4.17. The van der Waals surface area contributed by atoms with Crippen LogP contribution in [0.5, 0.6) is 0 Å². The Labute approximate surface area is 409 Å². The standard InChI is InChI=1S/C58H109NO7/c1-6-8-10-12-14-16-18-20-22-24-26-28-29-31-32-34-36-38-40-42-44-46-48-56(60)65-53-54(52-64-51-50-55(58(62)63)59(3,4)5)66-57(61)49-47-45-43-41-39-37-35-33-30-27-25-23-21-19-17-15-13-11-9-7-2/h27,29-31,54-55H,6-26,28,32-53H2,1-5H3/b30-27+,31-29+. The number of hydrogen-bond acceptors (Lipinski definition) is 7. The SMILES string of the molecule is CCCCCCCCCCC/C=C/CCCCCCCCCC(=O)OC(COCCC(C(=O)[O-])[N+](C)(C)C)COC(=O)CCCCCCCCC/C=C/CCCCCCCCCCCCC. The Morgan fingerprint density at radius 2 is 0.758 bits per heavy atom. The van der Waals surface area contributed by atoms with Gasteiger partial charge in [0.25, 0.3) is 0 Å². The van der Waals surface area contributed by atoms with Crippen LogP contribution in [0.3, 0.4) is 0 Å². The first kappa shape index (κ1) is 63.8. The van der Waals surface area contributed by atoms with Crippen LogP contribution in [0, 0.1) is 0 Å². The molecule has 0 radical (unpaired) electrons. The fourth-order valence-corrected chi connectivity index (χ4v) is 8.65. The number of likely N-dealkylation sites (N-methyl/N-ethyl adjacent to an activating group) is 1. The molecule has 0 aromatic carbocycles. The van der Waals surface area contributed by atoms with E-state index in [1.54, 1.807) is 0 Å². The average Bonchev–Trinajstić information content (AvgIpc) is 3.28. The minimum absolute atomic E-state index is 0.0412. The summed E-state index contributed by atoms with van der Waals surface area (Å²) in [5.74, 6) is -1.73. The molecule has 0 aliphatic heterocycles. The molecule has 0 N–H and O–H groups in total. The van der Waals surface area contributed by atoms with Crippen LogP contribution in [0.2, 0.25) is 0 Å². The number of esters is 2. The largest absolute Gasteiger partial charge is 0.544 e. The maximum atomic E-state index is 12.8. The van der Waals surface area contributed by atoms with Gasteiger partial charge in [-0.05, 0) is 64.2 Å². The van der Waals surface area contributed by atoms with Crippen LogP contribution < -0.4 is 5.11 Å². The van der Waals surface area contributed by atoms with Crippen LogP contribution in [0.4, 0.5) is 0 Å². The van der Waals surface area contributed by atoms with E-state index in [4.69, 9.17) is 14.2 Å². The molecule has 0 aliphatic rings. The van der Waals surface area contributed by atoms with E-state index < -0.39 is 18.1 Å². The number of hydrogen-bond donors (Lipinski definition) is 0. The number of carboxylic acid groups (broad SMARTS) is 1. The molecule has 0 fully saturated rings. The highest BCUT2D eigenvalue weighted by Crippen LogP contribution is 2.16. The molecule has 0 bridgehead atoms. The lowest BCUT2D eigenvalue weighted by molar-refractivity contribution is -0.889. The number of carbonyl (C=O) groups is 3. The number of carbonyl (C=O) groups excluding carboxylic acids is 3. The molecule has 0 aliphatic carbocycles. The Morgan fingerprint density at radius 3 is 1.09 bits per heavy atom. The molecular formula is C58H109NO7. The number of ether oxygens (including phenoxy) is 3. The topological polar surface area (TPSA) is 102 Å². The third-order valence-electron chi connectivity index (χ3n) is 13.1. The van der Waals surface area contributed by atoms with Gasteiger partial charge in [-0.2, -0.15) is 0 Å². The second-order valence-electron chi connectivity index (χ2n) is 20.5. The molecule has 2 atom stereocenters. The summed E-state index contributed by atoms with van der Waals surface area (Å²) in [4.78, 5) is 37.1. The van der Waals surface area contributed by atoms with Crippen LogP contribution in [0.15, 0.2) is 24.3 Å². The van der Waals surface area contributed by atoms with Crippen LogP contribution in [-0.2, 0) is 28.6 Å². The third kappa shape index (κ3) is 46.9. The monoisotopic (exact) mass is 932 g/mol. The number of allylic oxidation sites excluding steroid dienone is 4. The van der Waals surface area contributed by atoms with Gasteiger partial charge in [0, 0.05) is 19.3 Å². The van der Waals surface area contributed by atoms with Crippen molar-refractivity contribution in [1.82, 2.24) is 0 Å². The van der Waals surface area contributed by atoms with Crippen LogP contribution in [0.25, 0.3) is 0 Å². The van der Waals surface area contributed by atoms with Gasteiger partial charge in [0.2, 0.25) is 0 Å². The Hall–Kier alpha value is -2.19. The highest BCUT2D eigenvalue weighted by molar-refractivity contribution is 5.70. The summed E-state index contributed by atoms with van der Waals surface area (Å²) < 4.78 is 17.3. The van der Waals surface area contributed by atoms with Crippen molar-refractivity contribution in [2.75, 3.05) is 41.0 Å². The van der Waals surface area contributed by atoms with E-state index >= 15 is 0 Å². The second-order valence-corrected chi connectivity index (χ2v) is 20.5. The molecule has 0 aromatic rings. The Bertz CT molecular complexity index is 1130. The summed E-state index contributed by atoms with van der Waals surface area (Å²) in [6.45, 7) is 4.71. The van der Waals surface area contributed by atoms with Gasteiger partial charge in [-0.3, -0.25) is 9.59 Å². The smallest absolute Gasteiger partial charge is 0.306 e. The van der Waals surface area contributed by atoms with E-state index in [1.165, 1.54) is 205 Å². The second kappa shape index (κ2) is 49.2. The quantitative estimate of drug-likeness (QED) is 0.0259. The lowest BCUT2D eigenvalue weighted by Gasteiger charge is -2.34. The molecule has 0 spiro atoms. The Kier molecular flexibility index (Phi) is 47.6. The average molecular weight is 933 g/mol. The van der Waals surface area contributed by atoms with E-state index in [-0.39, 0.29) is 42.7 Å². The molecule has 66 heavy (non-hydrogen) atoms. The molecule has 0 saturated heterocycles. The predicted molar refractivity (Wildman–Crippen MR) is 277 cm³/mol. The maximum Gasteiger partial charge on any atom is 0.306 e. The fraction of sp³-hybridized carbons (Fsp3) is 0.879. The van der Waals surface area contributed by atoms with Gasteiger partial charge in [0.15, 0.2) is 6.10 Å². The van der Waals surface area contributed by atoms with Crippen molar-refractivity contribution in [3.63, 3.8) is 0 Å². The van der Waals surface area contributed by atoms with E-state index in [9.17, 15) is 19.5 Å². The highest BCUT2D eigenvalue weighted by atomic mass is 16.6. The Morgan fingerprint density at radius 1 is 0.439 bits per heavy atom. The van der Waals surface area contributed by atoms with E-state index in [0.717, 1.165) is 38.5 Å². The highest BCUT2D eigenvalue weighted by Gasteiger charge is 2.25. The minimum atomic E-state index is -1.12. The maximum absolute atomic E-state index is 12.8. The van der Waals surface area contributed by atoms with E-state index in [0.29, 0.717) is 12.8 Å². The summed E-state index contributed by atoms with van der Waals surface area (Å²) >= 11 is 0. The number of carboxylic acids is 1. The van der Waals surface area contributed by atoms with Gasteiger partial charge < -0.3 is 28.6 Å². The van der Waals surface area contributed by atoms with E-state index in [1.807, 2.05) is 21.1 Å². The summed E-state index contributed by atoms with van der Waals surface area (Å²) in [6.07, 6.45) is 57.9. The normalized spacial score (nSPS) is 12.9. The van der Waals surface area contributed by atoms with Crippen LogP contribution in [0.1, 0.15) is 277 Å². The molecular weight excluding hydrogens is 823 g/mol. The predicted octanol–water partition coefficient (Wildman–Crippen LogP) is 15.4. The molecule has 0 rings (SSSR count). The zero-order valence-corrected chi connectivity index (χ0v) is 44.4. The van der Waals surface area contributed by atoms with E-state index in [2.05, 4.69) is 38.2 Å². The lowest BCUT2D eigenvalue weighted by atomic mass is 10.0. The van der Waals surface area contributed by atoms with Crippen LogP contribution >= 0.6 is 0 Å². The molecule has 0 amide bonds. The first-order chi connectivity index (χ1) is 32.1. The number of quaternary nitrogens is 1. The summed E-state index contributed by atoms with van der Waals surface area (Å²) in [6, 6.07) is -0.726. The lowest BCUT2D eigenvalue weighted by Crippen LogP contribution is -2.55. The van der Waals surface area contributed by atoms with Gasteiger partial charge in [-0.15, -0.1) is 0 Å². The first-order valence-corrected chi connectivity index (χ1v) is 28.4. The molecule has 0 saturated carbocycles. The number of aliphatic carboxylic acids is 1. The van der Waals surface area contributed by atoms with Crippen LogP contribution in [-0.4, -0.2) is 75.5 Å². The number of rotatable bonds is 52. The van der Waals surface area contributed by atoms with Crippen molar-refractivity contribution >= 4 is 17.9 Å². The molecule has 8 heteroatoms. The van der Waals surface area contributed by atoms with Gasteiger partial charge in [0.1, 0.15) is 12.6 Å². The van der Waals surface area contributed by atoms with Gasteiger partial charge in [-0.25, -0.2) is 0 Å². The molecule has 0 heterocycles. The van der Waals surface area contributed by atoms with Crippen molar-refractivity contribution < 1.29 is 38.2 Å². The minimum Gasteiger partial charge on any atom is -0.544 e. The van der Waals surface area contributed by atoms with Crippen molar-refractivity contribution in [2.24, 2.45) is 0 Å². The molecule has 8 nitrogen and oxygen atoms in total. The number of unbranched alkanes of at least 4 members (excludes halogenated alkanes) is 34. The third-order valence-corrected chi connectivity index (χ3v) is 13.1. The fourth-order valence-electron chi connectivity index (χ4n) is 8.65. The zero-order valence-electron chi connectivity index (χ0n) is 44.4. The molecule has 2 unspecified atom stereocenters. The van der Waals surface area contributed by atoms with Gasteiger partial charge in [-0.1, -0.05) is 218 Å². The first-order valence-electron chi connectivity index (χ1n) is 28.4. The van der Waals surface area contributed by atoms with Crippen molar-refractivity contribution in [3.05, 3.63) is 24.3 Å². The summed E-state index contributed by atoms with van der Waals surface area (Å²) in [5.41, 5.74) is 0. The molecule has 388 valence electrons. The summed E-state index contributed by atoms with van der Waals surface area (Å²) in [7, 11) is 5.43. The van der Waals surface area contributed by atoms with Crippen molar-refractivity contribution in [3.8, 4) is 0 Å². The number of nitrogens with zero attached hydrogens (tertiary/aromatic N) is 1. The summed E-state index contributed by atoms with van der Waals surface area (Å²) in [5, 5.41) is 11.7. The zero-order chi connectivity index (χ0) is 48.4. The van der Waals surface area contributed by atoms with Crippen molar-refractivity contribution in [2.45, 2.75) is 289 Å². The van der Waals surface area contributed by atoms with Crippen molar-refractivity contribution in [1.29, 1.82) is 0 Å². The molecule has 0 aromatic heterocycles.